The number of hydrogen-bond acceptors (Lipinski definition) is 9. The molecule has 2 saturated heterocycles. The third kappa shape index (κ3) is 8.01. The summed E-state index contributed by atoms with van der Waals surface area (Å²) in [6, 6.07) is 3.29. The first kappa shape index (κ1) is 30.8. The predicted molar refractivity (Wildman–Crippen MR) is 140 cm³/mol. The number of alkyl halides is 3. The number of halogens is 3. The van der Waals surface area contributed by atoms with Crippen LogP contribution >= 0.6 is 11.8 Å². The van der Waals surface area contributed by atoms with E-state index in [1.165, 1.54) is 0 Å². The zero-order valence-corrected chi connectivity index (χ0v) is 22.9. The Labute approximate surface area is 238 Å². The molecule has 226 valence electrons. The third-order valence-electron chi connectivity index (χ3n) is 6.82. The maximum atomic E-state index is 13.3. The Hall–Kier alpha value is -3.11. The molecule has 0 aromatic heterocycles. The Morgan fingerprint density at radius 3 is 2.54 bits per heavy atom. The van der Waals surface area contributed by atoms with Crippen LogP contribution in [0.2, 0.25) is 0 Å². The standard InChI is InChI=1S/C25H32F3N5O7S/c26-25(27,28)24(32-33-24)15-5-6-16(22(35)36)18(13-15)40-12-11-39-10-9-38-8-7-29-20(34)4-2-1-3-19-21-17(14-41-19)30-23(37)31-21/h5-6,13,17,19,21H,1-4,7-12,14H2,(H,29,34)(H,35,36)(H2,30,31,37). The van der Waals surface area contributed by atoms with Crippen LogP contribution < -0.4 is 20.7 Å². The molecule has 41 heavy (non-hydrogen) atoms. The number of amides is 3. The first-order chi connectivity index (χ1) is 19.6. The van der Waals surface area contributed by atoms with Crippen LogP contribution in [-0.4, -0.2) is 91.9 Å². The molecule has 4 N–H and O–H groups in total. The van der Waals surface area contributed by atoms with Crippen molar-refractivity contribution in [3.63, 3.8) is 0 Å². The fourth-order valence-electron chi connectivity index (χ4n) is 4.64. The van der Waals surface area contributed by atoms with Gasteiger partial charge in [0.05, 0.1) is 38.5 Å². The summed E-state index contributed by atoms with van der Waals surface area (Å²) in [4.78, 5) is 34.9. The topological polar surface area (TPSA) is 160 Å². The minimum atomic E-state index is -4.74. The number of hydrogen-bond donors (Lipinski definition) is 4. The van der Waals surface area contributed by atoms with Crippen molar-refractivity contribution in [1.82, 2.24) is 16.0 Å². The van der Waals surface area contributed by atoms with Crippen molar-refractivity contribution in [3.05, 3.63) is 29.3 Å². The molecule has 12 nitrogen and oxygen atoms in total. The van der Waals surface area contributed by atoms with Crippen LogP contribution in [-0.2, 0) is 19.9 Å². The van der Waals surface area contributed by atoms with Crippen molar-refractivity contribution < 1.29 is 46.9 Å². The van der Waals surface area contributed by atoms with Crippen molar-refractivity contribution in [2.75, 3.05) is 45.3 Å². The summed E-state index contributed by atoms with van der Waals surface area (Å²) < 4.78 is 55.9. The van der Waals surface area contributed by atoms with Crippen molar-refractivity contribution in [2.45, 2.75) is 54.9 Å². The summed E-state index contributed by atoms with van der Waals surface area (Å²) in [6.45, 7) is 1.05. The zero-order chi connectivity index (χ0) is 29.5. The molecular formula is C25H32F3N5O7S. The fourth-order valence-corrected chi connectivity index (χ4v) is 6.18. The van der Waals surface area contributed by atoms with E-state index < -0.39 is 17.8 Å². The first-order valence-corrected chi connectivity index (χ1v) is 14.3. The Bertz CT molecular complexity index is 1130. The first-order valence-electron chi connectivity index (χ1n) is 13.2. The molecule has 0 spiro atoms. The van der Waals surface area contributed by atoms with Gasteiger partial charge in [0.25, 0.3) is 0 Å². The van der Waals surface area contributed by atoms with Gasteiger partial charge in [-0.25, -0.2) is 9.59 Å². The number of ether oxygens (including phenoxy) is 3. The predicted octanol–water partition coefficient (Wildman–Crippen LogP) is 2.82. The molecule has 16 heteroatoms. The molecule has 3 aliphatic rings. The van der Waals surface area contributed by atoms with Crippen LogP contribution in [0.3, 0.4) is 0 Å². The lowest BCUT2D eigenvalue weighted by atomic mass is 10.0. The Kier molecular flexibility index (Phi) is 10.3. The van der Waals surface area contributed by atoms with E-state index in [0.29, 0.717) is 24.8 Å². The summed E-state index contributed by atoms with van der Waals surface area (Å²) >= 11 is 1.85. The molecule has 1 aromatic rings. The molecule has 2 fully saturated rings. The molecule has 1 aromatic carbocycles. The van der Waals surface area contributed by atoms with E-state index >= 15 is 0 Å². The quantitative estimate of drug-likeness (QED) is 0.156. The van der Waals surface area contributed by atoms with Crippen LogP contribution in [0.15, 0.2) is 28.4 Å². The number of unbranched alkanes of at least 4 members (excludes halogenated alkanes) is 1. The van der Waals surface area contributed by atoms with Gasteiger partial charge in [-0.3, -0.25) is 4.79 Å². The molecule has 3 atom stereocenters. The number of carbonyl (C=O) groups excluding carboxylic acids is 2. The van der Waals surface area contributed by atoms with Gasteiger partial charge >= 0.3 is 23.8 Å². The lowest BCUT2D eigenvalue weighted by molar-refractivity contribution is -0.166. The van der Waals surface area contributed by atoms with E-state index in [0.717, 1.165) is 43.2 Å². The minimum Gasteiger partial charge on any atom is -0.490 e. The minimum absolute atomic E-state index is 0.0478. The molecule has 3 heterocycles. The van der Waals surface area contributed by atoms with Gasteiger partial charge < -0.3 is 35.3 Å². The number of urea groups is 1. The number of aromatic carboxylic acids is 1. The number of carboxylic acid groups (broad SMARTS) is 1. The summed E-state index contributed by atoms with van der Waals surface area (Å²) in [5.74, 6) is -0.724. The van der Waals surface area contributed by atoms with Crippen LogP contribution in [0, 0.1) is 0 Å². The third-order valence-corrected chi connectivity index (χ3v) is 8.32. The van der Waals surface area contributed by atoms with Crippen molar-refractivity contribution >= 4 is 29.7 Å². The number of carboxylic acids is 1. The number of carbonyl (C=O) groups is 3. The van der Waals surface area contributed by atoms with Gasteiger partial charge in [0.2, 0.25) is 5.91 Å². The van der Waals surface area contributed by atoms with Crippen molar-refractivity contribution in [1.29, 1.82) is 0 Å². The van der Waals surface area contributed by atoms with Gasteiger partial charge in [0.15, 0.2) is 0 Å². The second-order valence-corrected chi connectivity index (χ2v) is 10.9. The van der Waals surface area contributed by atoms with E-state index in [-0.39, 0.29) is 67.3 Å². The molecule has 0 bridgehead atoms. The van der Waals surface area contributed by atoms with Gasteiger partial charge in [-0.1, -0.05) is 12.5 Å². The zero-order valence-electron chi connectivity index (χ0n) is 22.1. The van der Waals surface area contributed by atoms with Gasteiger partial charge in [-0.15, -0.1) is 10.2 Å². The SMILES string of the molecule is O=C(CCCCC1SCC2NC(=O)NC21)NCCOCCOCCOc1cc(C2(C(F)(F)F)N=N2)ccc1C(=O)O. The molecule has 0 aliphatic carbocycles. The molecule has 0 radical (unpaired) electrons. The molecular weight excluding hydrogens is 571 g/mol. The second kappa shape index (κ2) is 13.7. The van der Waals surface area contributed by atoms with Gasteiger partial charge in [-0.05, 0) is 25.0 Å². The number of benzene rings is 1. The number of fused-ring (bicyclic) bond motifs is 1. The molecule has 3 unspecified atom stereocenters. The smallest absolute Gasteiger partial charge is 0.442 e. The largest absolute Gasteiger partial charge is 0.490 e. The van der Waals surface area contributed by atoms with E-state index in [4.69, 9.17) is 14.2 Å². The number of nitrogens with zero attached hydrogens (tertiary/aromatic N) is 2. The van der Waals surface area contributed by atoms with Crippen molar-refractivity contribution in [3.8, 4) is 5.75 Å². The summed E-state index contributed by atoms with van der Waals surface area (Å²) in [6.07, 6.45) is -1.69. The Balaban J connectivity index is 1.01. The van der Waals surface area contributed by atoms with Crippen LogP contribution in [0.25, 0.3) is 0 Å². The summed E-state index contributed by atoms with van der Waals surface area (Å²) in [5.41, 5.74) is -3.30. The van der Waals surface area contributed by atoms with Crippen LogP contribution in [0.5, 0.6) is 5.75 Å². The Morgan fingerprint density at radius 1 is 1.10 bits per heavy atom. The lowest BCUT2D eigenvalue weighted by Gasteiger charge is -2.17. The van der Waals surface area contributed by atoms with E-state index in [9.17, 15) is 32.7 Å². The normalized spacial score (nSPS) is 22.1. The van der Waals surface area contributed by atoms with Crippen LogP contribution in [0.1, 0.15) is 41.6 Å². The molecule has 3 amide bonds. The highest BCUT2D eigenvalue weighted by molar-refractivity contribution is 8.00. The number of rotatable bonds is 17. The lowest BCUT2D eigenvalue weighted by Crippen LogP contribution is -2.36. The summed E-state index contributed by atoms with van der Waals surface area (Å²) in [7, 11) is 0. The fraction of sp³-hybridized carbons (Fsp3) is 0.640. The van der Waals surface area contributed by atoms with Crippen molar-refractivity contribution in [2.24, 2.45) is 10.2 Å². The van der Waals surface area contributed by atoms with Gasteiger partial charge in [0, 0.05) is 29.5 Å². The highest BCUT2D eigenvalue weighted by Crippen LogP contribution is 2.53. The van der Waals surface area contributed by atoms with E-state index in [1.807, 2.05) is 11.8 Å². The molecule has 3 aliphatic heterocycles. The van der Waals surface area contributed by atoms with Crippen LogP contribution in [0.4, 0.5) is 18.0 Å². The average molecular weight is 604 g/mol. The van der Waals surface area contributed by atoms with Gasteiger partial charge in [0.1, 0.15) is 17.9 Å². The Morgan fingerprint density at radius 2 is 1.83 bits per heavy atom. The van der Waals surface area contributed by atoms with Gasteiger partial charge in [-0.2, -0.15) is 24.9 Å². The molecule has 4 rings (SSSR count). The van der Waals surface area contributed by atoms with E-state index in [2.05, 4.69) is 26.2 Å². The van der Waals surface area contributed by atoms with E-state index in [1.54, 1.807) is 0 Å². The number of thioether (sulfide) groups is 1. The maximum absolute atomic E-state index is 13.3. The maximum Gasteiger partial charge on any atom is 0.442 e. The average Bonchev–Trinajstić information content (AvgIpc) is 3.56. The summed E-state index contributed by atoms with van der Waals surface area (Å²) in [5, 5.41) is 24.6. The monoisotopic (exact) mass is 603 g/mol. The second-order valence-electron chi connectivity index (χ2n) is 9.68. The molecule has 0 saturated carbocycles. The number of nitrogens with one attached hydrogen (secondary N) is 3. The highest BCUT2D eigenvalue weighted by atomic mass is 32.2. The highest BCUT2D eigenvalue weighted by Gasteiger charge is 2.65.